The number of ether oxygens (including phenoxy) is 1. The lowest BCUT2D eigenvalue weighted by atomic mass is 9.90. The summed E-state index contributed by atoms with van der Waals surface area (Å²) >= 11 is 5.90. The second kappa shape index (κ2) is 2.12. The van der Waals surface area contributed by atoms with Crippen LogP contribution in [0.1, 0.15) is 19.3 Å². The molecule has 10 heavy (non-hydrogen) atoms. The number of fused-ring (bicyclic) bond motifs is 2. The summed E-state index contributed by atoms with van der Waals surface area (Å²) in [6.07, 6.45) is 2.73. The van der Waals surface area contributed by atoms with Crippen LogP contribution in [0, 0.1) is 5.92 Å². The third-order valence-corrected chi connectivity index (χ3v) is 2.81. The standard InChI is InChI=1S/C7H9ClO2/c8-5-2-1-4-3-6(5)10-7(4)9/h4-6H,1-3H2/t4-,5+,6-/m1/s1. The Morgan fingerprint density at radius 3 is 3.00 bits per heavy atom. The molecule has 1 saturated carbocycles. The zero-order valence-corrected chi connectivity index (χ0v) is 6.30. The molecule has 2 nitrogen and oxygen atoms in total. The van der Waals surface area contributed by atoms with Crippen molar-refractivity contribution < 1.29 is 9.53 Å². The van der Waals surface area contributed by atoms with Gasteiger partial charge < -0.3 is 4.74 Å². The van der Waals surface area contributed by atoms with Crippen LogP contribution < -0.4 is 0 Å². The molecule has 0 amide bonds. The van der Waals surface area contributed by atoms with Crippen LogP contribution in [-0.4, -0.2) is 17.5 Å². The van der Waals surface area contributed by atoms with E-state index in [0.29, 0.717) is 0 Å². The fourth-order valence-electron chi connectivity index (χ4n) is 1.67. The molecular formula is C7H9ClO2. The van der Waals surface area contributed by atoms with E-state index in [1.54, 1.807) is 0 Å². The summed E-state index contributed by atoms with van der Waals surface area (Å²) in [5.41, 5.74) is 0. The molecule has 2 bridgehead atoms. The van der Waals surface area contributed by atoms with E-state index in [0.717, 1.165) is 19.3 Å². The SMILES string of the molecule is O=C1O[C@@H]2C[C@H]1CC[C@@H]2Cl. The first-order chi connectivity index (χ1) is 4.77. The maximum absolute atomic E-state index is 10.9. The Kier molecular flexibility index (Phi) is 1.37. The molecule has 0 aromatic carbocycles. The molecule has 1 heterocycles. The van der Waals surface area contributed by atoms with Crippen molar-refractivity contribution in [1.82, 2.24) is 0 Å². The van der Waals surface area contributed by atoms with Gasteiger partial charge in [-0.1, -0.05) is 0 Å². The van der Waals surface area contributed by atoms with Gasteiger partial charge >= 0.3 is 5.97 Å². The Labute approximate surface area is 64.5 Å². The number of halogens is 1. The van der Waals surface area contributed by atoms with Gasteiger partial charge in [-0.3, -0.25) is 4.79 Å². The van der Waals surface area contributed by atoms with E-state index < -0.39 is 0 Å². The number of carbonyl (C=O) groups excluding carboxylic acids is 1. The summed E-state index contributed by atoms with van der Waals surface area (Å²) < 4.78 is 5.03. The molecule has 1 saturated heterocycles. The third kappa shape index (κ3) is 0.823. The summed E-state index contributed by atoms with van der Waals surface area (Å²) in [6, 6.07) is 0. The van der Waals surface area contributed by atoms with E-state index in [1.165, 1.54) is 0 Å². The number of rotatable bonds is 0. The fraction of sp³-hybridized carbons (Fsp3) is 0.857. The lowest BCUT2D eigenvalue weighted by Crippen LogP contribution is -2.23. The van der Waals surface area contributed by atoms with Gasteiger partial charge in [0.2, 0.25) is 0 Å². The van der Waals surface area contributed by atoms with Crippen LogP contribution in [0.5, 0.6) is 0 Å². The normalized spacial score (nSPS) is 45.3. The van der Waals surface area contributed by atoms with E-state index in [2.05, 4.69) is 0 Å². The highest BCUT2D eigenvalue weighted by Crippen LogP contribution is 2.36. The quantitative estimate of drug-likeness (QED) is 0.395. The summed E-state index contributed by atoms with van der Waals surface area (Å²) in [6.45, 7) is 0. The Bertz CT molecular complexity index is 169. The van der Waals surface area contributed by atoms with Crippen LogP contribution in [0.3, 0.4) is 0 Å². The lowest BCUT2D eigenvalue weighted by Gasteiger charge is -2.19. The molecule has 0 N–H and O–H groups in total. The molecule has 2 rings (SSSR count). The van der Waals surface area contributed by atoms with Gasteiger partial charge in [0.05, 0.1) is 11.3 Å². The minimum Gasteiger partial charge on any atom is -0.461 e. The van der Waals surface area contributed by atoms with Crippen LogP contribution in [0.2, 0.25) is 0 Å². The molecule has 0 unspecified atom stereocenters. The van der Waals surface area contributed by atoms with Crippen molar-refractivity contribution in [1.29, 1.82) is 0 Å². The predicted octanol–water partition coefficient (Wildman–Crippen LogP) is 1.32. The number of alkyl halides is 1. The second-order valence-electron chi connectivity index (χ2n) is 3.00. The second-order valence-corrected chi connectivity index (χ2v) is 3.56. The molecule has 56 valence electrons. The van der Waals surface area contributed by atoms with Crippen molar-refractivity contribution in [2.24, 2.45) is 5.92 Å². The van der Waals surface area contributed by atoms with Gasteiger partial charge in [-0.25, -0.2) is 0 Å². The summed E-state index contributed by atoms with van der Waals surface area (Å²) in [5.74, 6) is 0.133. The largest absolute Gasteiger partial charge is 0.461 e. The first-order valence-corrected chi connectivity index (χ1v) is 4.05. The van der Waals surface area contributed by atoms with Gasteiger partial charge in [-0.05, 0) is 19.3 Å². The lowest BCUT2D eigenvalue weighted by molar-refractivity contribution is -0.143. The van der Waals surface area contributed by atoms with E-state index in [1.807, 2.05) is 0 Å². The first-order valence-electron chi connectivity index (χ1n) is 3.62. The molecule has 1 aliphatic carbocycles. The van der Waals surface area contributed by atoms with Crippen molar-refractivity contribution in [3.05, 3.63) is 0 Å². The number of hydrogen-bond donors (Lipinski definition) is 0. The molecule has 0 radical (unpaired) electrons. The fourth-order valence-corrected chi connectivity index (χ4v) is 1.95. The van der Waals surface area contributed by atoms with Gasteiger partial charge in [-0.2, -0.15) is 0 Å². The monoisotopic (exact) mass is 160 g/mol. The van der Waals surface area contributed by atoms with Gasteiger partial charge in [0.15, 0.2) is 0 Å². The van der Waals surface area contributed by atoms with Crippen LogP contribution in [0.25, 0.3) is 0 Å². The number of hydrogen-bond acceptors (Lipinski definition) is 2. The molecule has 0 spiro atoms. The Morgan fingerprint density at radius 1 is 1.50 bits per heavy atom. The summed E-state index contributed by atoms with van der Waals surface area (Å²) in [5, 5.41) is 0.0719. The van der Waals surface area contributed by atoms with Gasteiger partial charge in [0.1, 0.15) is 6.10 Å². The van der Waals surface area contributed by atoms with E-state index in [-0.39, 0.29) is 23.4 Å². The molecule has 2 aliphatic rings. The van der Waals surface area contributed by atoms with Crippen LogP contribution in [0.4, 0.5) is 0 Å². The average Bonchev–Trinajstić information content (AvgIpc) is 2.21. The van der Waals surface area contributed by atoms with Crippen molar-refractivity contribution in [2.75, 3.05) is 0 Å². The minimum atomic E-state index is -0.0341. The van der Waals surface area contributed by atoms with Crippen molar-refractivity contribution in [2.45, 2.75) is 30.7 Å². The number of esters is 1. The molecule has 0 aromatic rings. The Balaban J connectivity index is 2.15. The average molecular weight is 161 g/mol. The summed E-state index contributed by atoms with van der Waals surface area (Å²) in [4.78, 5) is 10.9. The van der Waals surface area contributed by atoms with E-state index in [9.17, 15) is 4.79 Å². The zero-order chi connectivity index (χ0) is 7.14. The van der Waals surface area contributed by atoms with Gasteiger partial charge in [-0.15, -0.1) is 11.6 Å². The highest BCUT2D eigenvalue weighted by molar-refractivity contribution is 6.21. The third-order valence-electron chi connectivity index (χ3n) is 2.31. The maximum Gasteiger partial charge on any atom is 0.309 e. The van der Waals surface area contributed by atoms with Gasteiger partial charge in [0, 0.05) is 0 Å². The smallest absolute Gasteiger partial charge is 0.309 e. The van der Waals surface area contributed by atoms with Crippen molar-refractivity contribution >= 4 is 17.6 Å². The maximum atomic E-state index is 10.9. The number of carbonyl (C=O) groups is 1. The van der Waals surface area contributed by atoms with E-state index >= 15 is 0 Å². The highest BCUT2D eigenvalue weighted by atomic mass is 35.5. The first kappa shape index (κ1) is 6.47. The molecule has 1 aliphatic heterocycles. The van der Waals surface area contributed by atoms with Crippen LogP contribution in [0.15, 0.2) is 0 Å². The van der Waals surface area contributed by atoms with Crippen molar-refractivity contribution in [3.63, 3.8) is 0 Å². The molecular weight excluding hydrogens is 152 g/mol. The Hall–Kier alpha value is -0.240. The molecule has 3 atom stereocenters. The van der Waals surface area contributed by atoms with Gasteiger partial charge in [0.25, 0.3) is 0 Å². The Morgan fingerprint density at radius 2 is 2.30 bits per heavy atom. The molecule has 0 aromatic heterocycles. The summed E-state index contributed by atoms with van der Waals surface area (Å²) in [7, 11) is 0. The van der Waals surface area contributed by atoms with Crippen LogP contribution in [-0.2, 0) is 9.53 Å². The van der Waals surface area contributed by atoms with Crippen LogP contribution >= 0.6 is 11.6 Å². The predicted molar refractivity (Wildman–Crippen MR) is 36.9 cm³/mol. The topological polar surface area (TPSA) is 26.3 Å². The zero-order valence-electron chi connectivity index (χ0n) is 5.55. The highest BCUT2D eigenvalue weighted by Gasteiger charge is 2.42. The van der Waals surface area contributed by atoms with E-state index in [4.69, 9.17) is 16.3 Å². The minimum absolute atomic E-state index is 0.0212. The molecule has 2 fully saturated rings. The molecule has 3 heteroatoms. The van der Waals surface area contributed by atoms with Crippen molar-refractivity contribution in [3.8, 4) is 0 Å².